The van der Waals surface area contributed by atoms with Gasteiger partial charge in [0.2, 0.25) is 0 Å². The van der Waals surface area contributed by atoms with Crippen LogP contribution in [0.5, 0.6) is 0 Å². The molecule has 5 heteroatoms. The number of aliphatic carboxylic acids is 1. The molecule has 120 valence electrons. The normalized spacial score (nSPS) is 18.0. The Morgan fingerprint density at radius 1 is 1.27 bits per heavy atom. The third-order valence-electron chi connectivity index (χ3n) is 3.99. The summed E-state index contributed by atoms with van der Waals surface area (Å²) in [7, 11) is 0. The zero-order valence-corrected chi connectivity index (χ0v) is 12.7. The number of carbonyl (C=O) groups excluding carboxylic acids is 1. The molecule has 1 amide bonds. The fourth-order valence-corrected chi connectivity index (χ4v) is 2.82. The van der Waals surface area contributed by atoms with E-state index in [-0.39, 0.29) is 12.5 Å². The van der Waals surface area contributed by atoms with Gasteiger partial charge < -0.3 is 14.7 Å². The molecule has 1 aromatic carbocycles. The summed E-state index contributed by atoms with van der Waals surface area (Å²) < 4.78 is 5.35. The van der Waals surface area contributed by atoms with Crippen molar-refractivity contribution in [1.29, 1.82) is 0 Å². The fourth-order valence-electron chi connectivity index (χ4n) is 2.82. The zero-order valence-electron chi connectivity index (χ0n) is 12.7. The molecule has 5 nitrogen and oxygen atoms in total. The molecule has 1 unspecified atom stereocenters. The van der Waals surface area contributed by atoms with E-state index in [2.05, 4.69) is 0 Å². The Hall–Kier alpha value is -2.04. The number of rotatable bonds is 6. The van der Waals surface area contributed by atoms with E-state index in [1.165, 1.54) is 0 Å². The van der Waals surface area contributed by atoms with Crippen LogP contribution in [0, 0.1) is 5.92 Å². The minimum atomic E-state index is -0.755. The van der Waals surface area contributed by atoms with E-state index in [9.17, 15) is 9.59 Å². The molecule has 0 spiro atoms. The number of carbonyl (C=O) groups is 2. The molecule has 22 heavy (non-hydrogen) atoms. The van der Waals surface area contributed by atoms with Crippen LogP contribution in [0.1, 0.15) is 37.7 Å². The first-order chi connectivity index (χ1) is 10.6. The van der Waals surface area contributed by atoms with Crippen molar-refractivity contribution < 1.29 is 19.4 Å². The molecule has 0 aromatic heterocycles. The van der Waals surface area contributed by atoms with Crippen LogP contribution in [0.3, 0.4) is 0 Å². The Balaban J connectivity index is 1.73. The lowest BCUT2D eigenvalue weighted by atomic mass is 9.93. The summed E-state index contributed by atoms with van der Waals surface area (Å²) >= 11 is 0. The van der Waals surface area contributed by atoms with Crippen LogP contribution in [-0.4, -0.2) is 35.2 Å². The van der Waals surface area contributed by atoms with Gasteiger partial charge in [0.15, 0.2) is 0 Å². The summed E-state index contributed by atoms with van der Waals surface area (Å²) in [5.74, 6) is -0.368. The molecule has 0 saturated carbocycles. The highest BCUT2D eigenvalue weighted by Gasteiger charge is 2.24. The van der Waals surface area contributed by atoms with E-state index in [1.54, 1.807) is 4.90 Å². The monoisotopic (exact) mass is 305 g/mol. The molecule has 1 N–H and O–H groups in total. The second kappa shape index (κ2) is 8.41. The van der Waals surface area contributed by atoms with Crippen LogP contribution in [0.25, 0.3) is 0 Å². The number of amides is 1. The maximum Gasteiger partial charge on any atom is 0.410 e. The smallest absolute Gasteiger partial charge is 0.410 e. The number of hydrogen-bond donors (Lipinski definition) is 1. The standard InChI is InChI=1S/C17H23NO4/c19-16(20)10-4-8-14-9-5-11-18(12-14)17(21)22-13-15-6-2-1-3-7-15/h1-3,6-7,14H,4-5,8-13H2,(H,19,20). The quantitative estimate of drug-likeness (QED) is 0.875. The van der Waals surface area contributed by atoms with Gasteiger partial charge in [-0.25, -0.2) is 4.79 Å². The van der Waals surface area contributed by atoms with Gasteiger partial charge in [0.1, 0.15) is 6.61 Å². The molecule has 1 fully saturated rings. The molecule has 0 radical (unpaired) electrons. The number of carboxylic acids is 1. The molecule has 1 aliphatic heterocycles. The van der Waals surface area contributed by atoms with Crippen molar-refractivity contribution in [3.63, 3.8) is 0 Å². The molecule has 1 saturated heterocycles. The summed E-state index contributed by atoms with van der Waals surface area (Å²) in [6, 6.07) is 9.62. The predicted molar refractivity (Wildman–Crippen MR) is 82.4 cm³/mol. The third-order valence-corrected chi connectivity index (χ3v) is 3.99. The molecular formula is C17H23NO4. The van der Waals surface area contributed by atoms with Crippen LogP contribution in [0.2, 0.25) is 0 Å². The largest absolute Gasteiger partial charge is 0.481 e. The highest BCUT2D eigenvalue weighted by molar-refractivity contribution is 5.67. The van der Waals surface area contributed by atoms with E-state index in [4.69, 9.17) is 9.84 Å². The number of likely N-dealkylation sites (tertiary alicyclic amines) is 1. The van der Waals surface area contributed by atoms with Crippen molar-refractivity contribution in [2.45, 2.75) is 38.7 Å². The SMILES string of the molecule is O=C(O)CCCC1CCCN(C(=O)OCc2ccccc2)C1. The molecular weight excluding hydrogens is 282 g/mol. The van der Waals surface area contributed by atoms with E-state index in [0.717, 1.165) is 31.4 Å². The average molecular weight is 305 g/mol. The maximum absolute atomic E-state index is 12.1. The van der Waals surface area contributed by atoms with Crippen molar-refractivity contribution in [2.75, 3.05) is 13.1 Å². The van der Waals surface area contributed by atoms with Gasteiger partial charge in [-0.3, -0.25) is 4.79 Å². The van der Waals surface area contributed by atoms with Gasteiger partial charge in [-0.1, -0.05) is 30.3 Å². The van der Waals surface area contributed by atoms with Crippen molar-refractivity contribution in [2.24, 2.45) is 5.92 Å². The summed E-state index contributed by atoms with van der Waals surface area (Å²) in [5, 5.41) is 8.68. The van der Waals surface area contributed by atoms with Crippen LogP contribution in [0.4, 0.5) is 4.79 Å². The van der Waals surface area contributed by atoms with Gasteiger partial charge >= 0.3 is 12.1 Å². The lowest BCUT2D eigenvalue weighted by Gasteiger charge is -2.32. The van der Waals surface area contributed by atoms with Crippen LogP contribution in [-0.2, 0) is 16.1 Å². The Labute approximate surface area is 130 Å². The van der Waals surface area contributed by atoms with Crippen LogP contribution < -0.4 is 0 Å². The molecule has 1 aliphatic rings. The van der Waals surface area contributed by atoms with Gasteiger partial charge in [-0.15, -0.1) is 0 Å². The van der Waals surface area contributed by atoms with Gasteiger partial charge in [0.25, 0.3) is 0 Å². The van der Waals surface area contributed by atoms with Crippen LogP contribution in [0.15, 0.2) is 30.3 Å². The minimum Gasteiger partial charge on any atom is -0.481 e. The van der Waals surface area contributed by atoms with E-state index in [1.807, 2.05) is 30.3 Å². The average Bonchev–Trinajstić information content (AvgIpc) is 2.53. The number of ether oxygens (including phenoxy) is 1. The Bertz CT molecular complexity index is 489. The first kappa shape index (κ1) is 16.3. The van der Waals surface area contributed by atoms with Gasteiger partial charge in [-0.2, -0.15) is 0 Å². The fraction of sp³-hybridized carbons (Fsp3) is 0.529. The molecule has 0 bridgehead atoms. The number of benzene rings is 1. The van der Waals surface area contributed by atoms with E-state index >= 15 is 0 Å². The second-order valence-electron chi connectivity index (χ2n) is 5.78. The summed E-state index contributed by atoms with van der Waals surface area (Å²) in [4.78, 5) is 24.4. The van der Waals surface area contributed by atoms with Crippen molar-refractivity contribution in [1.82, 2.24) is 4.90 Å². The number of hydrogen-bond acceptors (Lipinski definition) is 3. The zero-order chi connectivity index (χ0) is 15.8. The summed E-state index contributed by atoms with van der Waals surface area (Å²) in [6.45, 7) is 1.69. The number of carboxylic acid groups (broad SMARTS) is 1. The van der Waals surface area contributed by atoms with Gasteiger partial charge in [-0.05, 0) is 37.2 Å². The second-order valence-corrected chi connectivity index (χ2v) is 5.78. The van der Waals surface area contributed by atoms with E-state index in [0.29, 0.717) is 25.5 Å². The minimum absolute atomic E-state index is 0.203. The lowest BCUT2D eigenvalue weighted by molar-refractivity contribution is -0.137. The molecule has 2 rings (SSSR count). The maximum atomic E-state index is 12.1. The molecule has 1 heterocycles. The van der Waals surface area contributed by atoms with Gasteiger partial charge in [0.05, 0.1) is 0 Å². The summed E-state index contributed by atoms with van der Waals surface area (Å²) in [6.07, 6.45) is 3.48. The lowest BCUT2D eigenvalue weighted by Crippen LogP contribution is -2.40. The molecule has 1 aromatic rings. The Kier molecular flexibility index (Phi) is 6.25. The Morgan fingerprint density at radius 3 is 2.77 bits per heavy atom. The van der Waals surface area contributed by atoms with Crippen molar-refractivity contribution >= 4 is 12.1 Å². The third kappa shape index (κ3) is 5.39. The van der Waals surface area contributed by atoms with Crippen LogP contribution >= 0.6 is 0 Å². The predicted octanol–water partition coefficient (Wildman–Crippen LogP) is 3.29. The molecule has 0 aliphatic carbocycles. The van der Waals surface area contributed by atoms with Crippen molar-refractivity contribution in [3.8, 4) is 0 Å². The summed E-state index contributed by atoms with van der Waals surface area (Å²) in [5.41, 5.74) is 0.978. The highest BCUT2D eigenvalue weighted by atomic mass is 16.6. The Morgan fingerprint density at radius 2 is 2.05 bits per heavy atom. The van der Waals surface area contributed by atoms with E-state index < -0.39 is 5.97 Å². The molecule has 1 atom stereocenters. The first-order valence-electron chi connectivity index (χ1n) is 7.82. The van der Waals surface area contributed by atoms with Crippen molar-refractivity contribution in [3.05, 3.63) is 35.9 Å². The number of nitrogens with zero attached hydrogens (tertiary/aromatic N) is 1. The number of piperidine rings is 1. The van der Waals surface area contributed by atoms with Gasteiger partial charge in [0, 0.05) is 19.5 Å². The first-order valence-corrected chi connectivity index (χ1v) is 7.82. The highest BCUT2D eigenvalue weighted by Crippen LogP contribution is 2.22. The topological polar surface area (TPSA) is 66.8 Å².